The number of likely N-dealkylation sites (tertiary alicyclic amines) is 1. The molecule has 6 nitrogen and oxygen atoms in total. The highest BCUT2D eigenvalue weighted by Gasteiger charge is 2.42. The molecule has 122 valence electrons. The van der Waals surface area contributed by atoms with E-state index in [1.807, 2.05) is 24.3 Å². The van der Waals surface area contributed by atoms with Crippen LogP contribution in [-0.2, 0) is 14.4 Å². The summed E-state index contributed by atoms with van der Waals surface area (Å²) in [5, 5.41) is 9.03. The molecule has 3 rings (SSSR count). The molecule has 0 aromatic heterocycles. The maximum Gasteiger partial charge on any atom is 0.308 e. The van der Waals surface area contributed by atoms with Crippen molar-refractivity contribution in [3.05, 3.63) is 28.7 Å². The summed E-state index contributed by atoms with van der Waals surface area (Å²) in [5.41, 5.74) is 0.768. The lowest BCUT2D eigenvalue weighted by molar-refractivity contribution is -0.142. The highest BCUT2D eigenvalue weighted by Crippen LogP contribution is 2.29. The van der Waals surface area contributed by atoms with E-state index in [0.29, 0.717) is 25.9 Å². The van der Waals surface area contributed by atoms with E-state index in [9.17, 15) is 14.4 Å². The number of carbonyl (C=O) groups excluding carboxylic acids is 2. The number of carbonyl (C=O) groups is 3. The zero-order valence-corrected chi connectivity index (χ0v) is 14.0. The van der Waals surface area contributed by atoms with Gasteiger partial charge in [-0.1, -0.05) is 22.0 Å². The summed E-state index contributed by atoms with van der Waals surface area (Å²) >= 11 is 3.38. The average Bonchev–Trinajstić information content (AvgIpc) is 3.13. The second-order valence-electron chi connectivity index (χ2n) is 5.92. The zero-order valence-electron chi connectivity index (χ0n) is 12.4. The number of hydrogen-bond donors (Lipinski definition) is 1. The van der Waals surface area contributed by atoms with Crippen LogP contribution in [0, 0.1) is 11.8 Å². The van der Waals surface area contributed by atoms with Crippen LogP contribution in [0.5, 0.6) is 0 Å². The van der Waals surface area contributed by atoms with Crippen molar-refractivity contribution in [1.82, 2.24) is 4.90 Å². The number of benzene rings is 1. The number of anilines is 1. The molecular weight excluding hydrogens is 364 g/mol. The zero-order chi connectivity index (χ0) is 16.6. The first kappa shape index (κ1) is 16.0. The fraction of sp³-hybridized carbons (Fsp3) is 0.438. The quantitative estimate of drug-likeness (QED) is 0.810. The number of rotatable bonds is 3. The van der Waals surface area contributed by atoms with Crippen LogP contribution in [-0.4, -0.2) is 47.4 Å². The Kier molecular flexibility index (Phi) is 4.39. The van der Waals surface area contributed by atoms with Crippen molar-refractivity contribution in [1.29, 1.82) is 0 Å². The highest BCUT2D eigenvalue weighted by atomic mass is 79.9. The van der Waals surface area contributed by atoms with Gasteiger partial charge in [-0.2, -0.15) is 0 Å². The Morgan fingerprint density at radius 2 is 2.00 bits per heavy atom. The number of halogens is 1. The molecule has 2 amide bonds. The van der Waals surface area contributed by atoms with Gasteiger partial charge < -0.3 is 14.9 Å². The Balaban J connectivity index is 1.69. The van der Waals surface area contributed by atoms with Gasteiger partial charge >= 0.3 is 5.97 Å². The summed E-state index contributed by atoms with van der Waals surface area (Å²) < 4.78 is 0.876. The van der Waals surface area contributed by atoms with E-state index >= 15 is 0 Å². The molecule has 1 N–H and O–H groups in total. The number of aliphatic carboxylic acids is 1. The van der Waals surface area contributed by atoms with Crippen LogP contribution in [0.15, 0.2) is 28.7 Å². The maximum atomic E-state index is 12.6. The molecule has 2 atom stereocenters. The number of hydrogen-bond acceptors (Lipinski definition) is 3. The molecule has 1 aromatic carbocycles. The molecule has 2 aliphatic heterocycles. The number of nitrogens with zero attached hydrogens (tertiary/aromatic N) is 2. The highest BCUT2D eigenvalue weighted by molar-refractivity contribution is 9.10. The smallest absolute Gasteiger partial charge is 0.308 e. The van der Waals surface area contributed by atoms with Gasteiger partial charge in [0.15, 0.2) is 0 Å². The monoisotopic (exact) mass is 380 g/mol. The SMILES string of the molecule is O=C(O)[C@H]1CCN(C(=O)[C@@H]2CCN(c3cccc(Br)c3)C2=O)C1. The molecule has 2 saturated heterocycles. The predicted octanol–water partition coefficient (Wildman–Crippen LogP) is 1.74. The van der Waals surface area contributed by atoms with Gasteiger partial charge in [-0.05, 0) is 31.0 Å². The van der Waals surface area contributed by atoms with Crippen molar-refractivity contribution in [3.63, 3.8) is 0 Å². The molecule has 0 bridgehead atoms. The number of carboxylic acids is 1. The predicted molar refractivity (Wildman–Crippen MR) is 86.9 cm³/mol. The Morgan fingerprint density at radius 3 is 2.65 bits per heavy atom. The van der Waals surface area contributed by atoms with Gasteiger partial charge in [0, 0.05) is 29.8 Å². The van der Waals surface area contributed by atoms with Crippen LogP contribution in [0.3, 0.4) is 0 Å². The molecule has 2 heterocycles. The first-order chi connectivity index (χ1) is 11.0. The van der Waals surface area contributed by atoms with E-state index in [-0.39, 0.29) is 18.4 Å². The van der Waals surface area contributed by atoms with Gasteiger partial charge in [0.2, 0.25) is 11.8 Å². The van der Waals surface area contributed by atoms with E-state index < -0.39 is 17.8 Å². The Morgan fingerprint density at radius 1 is 1.22 bits per heavy atom. The summed E-state index contributed by atoms with van der Waals surface area (Å²) in [6.07, 6.45) is 0.926. The molecule has 0 spiro atoms. The fourth-order valence-electron chi connectivity index (χ4n) is 3.19. The van der Waals surface area contributed by atoms with Crippen LogP contribution in [0.2, 0.25) is 0 Å². The summed E-state index contributed by atoms with van der Waals surface area (Å²) in [5.74, 6) is -2.53. The summed E-state index contributed by atoms with van der Waals surface area (Å²) in [7, 11) is 0. The van der Waals surface area contributed by atoms with Crippen molar-refractivity contribution >= 4 is 39.4 Å². The molecule has 0 radical (unpaired) electrons. The van der Waals surface area contributed by atoms with Gasteiger partial charge in [-0.25, -0.2) is 0 Å². The third-order valence-corrected chi connectivity index (χ3v) is 4.97. The topological polar surface area (TPSA) is 77.9 Å². The van der Waals surface area contributed by atoms with Crippen molar-refractivity contribution in [2.45, 2.75) is 12.8 Å². The molecule has 7 heteroatoms. The summed E-state index contributed by atoms with van der Waals surface area (Å²) in [6, 6.07) is 7.41. The average molecular weight is 381 g/mol. The molecule has 23 heavy (non-hydrogen) atoms. The molecule has 2 fully saturated rings. The first-order valence-corrected chi connectivity index (χ1v) is 8.35. The Bertz CT molecular complexity index is 663. The van der Waals surface area contributed by atoms with Crippen molar-refractivity contribution in [2.75, 3.05) is 24.5 Å². The van der Waals surface area contributed by atoms with E-state index in [1.165, 1.54) is 4.90 Å². The summed E-state index contributed by atoms with van der Waals surface area (Å²) in [6.45, 7) is 1.12. The lowest BCUT2D eigenvalue weighted by Crippen LogP contribution is -2.39. The second kappa shape index (κ2) is 6.31. The minimum absolute atomic E-state index is 0.202. The second-order valence-corrected chi connectivity index (χ2v) is 6.83. The Labute approximate surface area is 142 Å². The van der Waals surface area contributed by atoms with Crippen LogP contribution in [0.1, 0.15) is 12.8 Å². The van der Waals surface area contributed by atoms with Crippen LogP contribution < -0.4 is 4.90 Å². The fourth-order valence-corrected chi connectivity index (χ4v) is 3.58. The van der Waals surface area contributed by atoms with Crippen LogP contribution in [0.4, 0.5) is 5.69 Å². The van der Waals surface area contributed by atoms with Crippen LogP contribution >= 0.6 is 15.9 Å². The summed E-state index contributed by atoms with van der Waals surface area (Å²) in [4.78, 5) is 39.3. The minimum Gasteiger partial charge on any atom is -0.481 e. The van der Waals surface area contributed by atoms with E-state index in [4.69, 9.17) is 5.11 Å². The largest absolute Gasteiger partial charge is 0.481 e. The third kappa shape index (κ3) is 3.10. The van der Waals surface area contributed by atoms with Gasteiger partial charge in [0.05, 0.1) is 5.92 Å². The third-order valence-electron chi connectivity index (χ3n) is 4.47. The number of carboxylic acid groups (broad SMARTS) is 1. The lowest BCUT2D eigenvalue weighted by atomic mass is 10.1. The standard InChI is InChI=1S/C16H17BrN2O4/c17-11-2-1-3-12(8-11)19-7-5-13(15(19)21)14(20)18-6-4-10(9-18)16(22)23/h1-3,8,10,13H,4-7,9H2,(H,22,23)/t10-,13-/m0/s1. The van der Waals surface area contributed by atoms with Crippen molar-refractivity contribution in [2.24, 2.45) is 11.8 Å². The van der Waals surface area contributed by atoms with Gasteiger partial charge in [-0.15, -0.1) is 0 Å². The van der Waals surface area contributed by atoms with Gasteiger partial charge in [-0.3, -0.25) is 14.4 Å². The minimum atomic E-state index is -0.881. The van der Waals surface area contributed by atoms with Crippen molar-refractivity contribution in [3.8, 4) is 0 Å². The molecule has 0 saturated carbocycles. The van der Waals surface area contributed by atoms with E-state index in [2.05, 4.69) is 15.9 Å². The van der Waals surface area contributed by atoms with Crippen LogP contribution in [0.25, 0.3) is 0 Å². The van der Waals surface area contributed by atoms with Gasteiger partial charge in [0.25, 0.3) is 0 Å². The number of amides is 2. The molecule has 1 aromatic rings. The molecule has 2 aliphatic rings. The normalized spacial score (nSPS) is 24.3. The molecule has 0 aliphatic carbocycles. The van der Waals surface area contributed by atoms with E-state index in [0.717, 1.165) is 10.2 Å². The first-order valence-electron chi connectivity index (χ1n) is 7.56. The molecular formula is C16H17BrN2O4. The Hall–Kier alpha value is -1.89. The van der Waals surface area contributed by atoms with Gasteiger partial charge in [0.1, 0.15) is 5.92 Å². The van der Waals surface area contributed by atoms with Crippen molar-refractivity contribution < 1.29 is 19.5 Å². The van der Waals surface area contributed by atoms with E-state index in [1.54, 1.807) is 4.90 Å². The molecule has 0 unspecified atom stereocenters. The maximum absolute atomic E-state index is 12.6. The lowest BCUT2D eigenvalue weighted by Gasteiger charge is -2.20.